The highest BCUT2D eigenvalue weighted by Crippen LogP contribution is 2.43. The number of rotatable bonds is 4. The van der Waals surface area contributed by atoms with Crippen LogP contribution in [0.2, 0.25) is 0 Å². The summed E-state index contributed by atoms with van der Waals surface area (Å²) in [4.78, 5) is 0. The molecule has 0 aliphatic heterocycles. The summed E-state index contributed by atoms with van der Waals surface area (Å²) in [6.07, 6.45) is 0. The van der Waals surface area contributed by atoms with Gasteiger partial charge in [-0.15, -0.1) is 0 Å². The third-order valence-corrected chi connectivity index (χ3v) is 12.2. The molecule has 0 atom stereocenters. The summed E-state index contributed by atoms with van der Waals surface area (Å²) >= 11 is 0. The van der Waals surface area contributed by atoms with E-state index < -0.39 is 0 Å². The molecule has 13 aromatic rings. The van der Waals surface area contributed by atoms with E-state index in [2.05, 4.69) is 214 Å². The lowest BCUT2D eigenvalue weighted by molar-refractivity contribution is 0.669. The van der Waals surface area contributed by atoms with Crippen molar-refractivity contribution in [2.45, 2.75) is 0 Å². The molecule has 4 heteroatoms. The number of hydrogen-bond donors (Lipinski definition) is 0. The molecular formula is C54H33N3O. The van der Waals surface area contributed by atoms with E-state index in [1.54, 1.807) is 0 Å². The van der Waals surface area contributed by atoms with E-state index >= 15 is 0 Å². The van der Waals surface area contributed by atoms with Gasteiger partial charge >= 0.3 is 0 Å². The van der Waals surface area contributed by atoms with Gasteiger partial charge in [-0.3, -0.25) is 0 Å². The van der Waals surface area contributed by atoms with E-state index in [9.17, 15) is 0 Å². The van der Waals surface area contributed by atoms with Gasteiger partial charge in [-0.1, -0.05) is 115 Å². The maximum absolute atomic E-state index is 6.46. The number of furan rings is 1. The van der Waals surface area contributed by atoms with E-state index in [1.807, 2.05) is 0 Å². The van der Waals surface area contributed by atoms with E-state index in [0.29, 0.717) is 0 Å². The van der Waals surface area contributed by atoms with Crippen molar-refractivity contribution in [3.8, 4) is 28.2 Å². The predicted molar refractivity (Wildman–Crippen MR) is 242 cm³/mol. The SMILES string of the molecule is c1ccc(-n2c3ccccc3c3c2ccc2c4ccccc4n(-c4cccc(-c5ccc6oc7ccc(-n8c9ccccc9c9ccccc98)cc7c6c5)c4)c23)cc1. The van der Waals surface area contributed by atoms with Crippen molar-refractivity contribution in [3.63, 3.8) is 0 Å². The Morgan fingerprint density at radius 3 is 1.52 bits per heavy atom. The maximum Gasteiger partial charge on any atom is 0.135 e. The summed E-state index contributed by atoms with van der Waals surface area (Å²) in [6, 6.07) is 72.4. The molecule has 4 aromatic heterocycles. The number of hydrogen-bond acceptors (Lipinski definition) is 1. The number of benzene rings is 9. The van der Waals surface area contributed by atoms with Crippen LogP contribution in [0, 0.1) is 0 Å². The van der Waals surface area contributed by atoms with Gasteiger partial charge in [0.1, 0.15) is 11.2 Å². The van der Waals surface area contributed by atoms with Gasteiger partial charge in [-0.05, 0) is 96.1 Å². The van der Waals surface area contributed by atoms with Crippen LogP contribution in [0.25, 0.3) is 116 Å². The molecule has 0 saturated carbocycles. The molecule has 0 radical (unpaired) electrons. The predicted octanol–water partition coefficient (Wildman–Crippen LogP) is 14.5. The summed E-state index contributed by atoms with van der Waals surface area (Å²) in [5, 5.41) is 9.70. The molecule has 4 heterocycles. The average molecular weight is 740 g/mol. The molecule has 0 unspecified atom stereocenters. The second-order valence-corrected chi connectivity index (χ2v) is 15.3. The fraction of sp³-hybridized carbons (Fsp3) is 0. The topological polar surface area (TPSA) is 27.9 Å². The van der Waals surface area contributed by atoms with Crippen molar-refractivity contribution >= 4 is 87.4 Å². The Morgan fingerprint density at radius 1 is 0.276 bits per heavy atom. The van der Waals surface area contributed by atoms with Crippen LogP contribution in [0.4, 0.5) is 0 Å². The van der Waals surface area contributed by atoms with Gasteiger partial charge in [0.05, 0.1) is 33.1 Å². The van der Waals surface area contributed by atoms with Gasteiger partial charge in [0.15, 0.2) is 0 Å². The summed E-state index contributed by atoms with van der Waals surface area (Å²) < 4.78 is 13.7. The van der Waals surface area contributed by atoms with E-state index in [1.165, 1.54) is 65.4 Å². The molecule has 270 valence electrons. The zero-order valence-corrected chi connectivity index (χ0v) is 31.3. The molecule has 9 aromatic carbocycles. The lowest BCUT2D eigenvalue weighted by Gasteiger charge is -2.12. The number of fused-ring (bicyclic) bond motifs is 13. The molecular weight excluding hydrogens is 707 g/mol. The van der Waals surface area contributed by atoms with Crippen LogP contribution in [0.1, 0.15) is 0 Å². The Morgan fingerprint density at radius 2 is 0.793 bits per heavy atom. The van der Waals surface area contributed by atoms with E-state index in [-0.39, 0.29) is 0 Å². The normalized spacial score (nSPS) is 12.1. The van der Waals surface area contributed by atoms with Crippen LogP contribution in [-0.2, 0) is 0 Å². The lowest BCUT2D eigenvalue weighted by Crippen LogP contribution is -1.95. The second kappa shape index (κ2) is 11.8. The van der Waals surface area contributed by atoms with E-state index in [0.717, 1.165) is 50.1 Å². The summed E-state index contributed by atoms with van der Waals surface area (Å²) in [7, 11) is 0. The Hall–Kier alpha value is -7.82. The van der Waals surface area contributed by atoms with Gasteiger partial charge in [0, 0.05) is 60.2 Å². The van der Waals surface area contributed by atoms with Crippen molar-refractivity contribution in [2.75, 3.05) is 0 Å². The maximum atomic E-state index is 6.46. The van der Waals surface area contributed by atoms with Gasteiger partial charge in [0.25, 0.3) is 0 Å². The lowest BCUT2D eigenvalue weighted by atomic mass is 10.0. The Bertz CT molecular complexity index is 3750. The first-order valence-electron chi connectivity index (χ1n) is 19.8. The third kappa shape index (κ3) is 4.34. The highest BCUT2D eigenvalue weighted by molar-refractivity contribution is 6.26. The first-order valence-corrected chi connectivity index (χ1v) is 19.8. The molecule has 0 bridgehead atoms. The third-order valence-electron chi connectivity index (χ3n) is 12.2. The first-order chi connectivity index (χ1) is 28.8. The Kier molecular flexibility index (Phi) is 6.41. The first kappa shape index (κ1) is 31.4. The van der Waals surface area contributed by atoms with Crippen molar-refractivity contribution < 1.29 is 4.42 Å². The molecule has 13 rings (SSSR count). The molecule has 0 N–H and O–H groups in total. The molecule has 0 aliphatic carbocycles. The largest absolute Gasteiger partial charge is 0.456 e. The minimum atomic E-state index is 0.883. The van der Waals surface area contributed by atoms with Crippen LogP contribution in [0.5, 0.6) is 0 Å². The molecule has 0 saturated heterocycles. The van der Waals surface area contributed by atoms with Crippen LogP contribution < -0.4 is 0 Å². The highest BCUT2D eigenvalue weighted by atomic mass is 16.3. The Balaban J connectivity index is 1.02. The molecule has 0 fully saturated rings. The zero-order chi connectivity index (χ0) is 37.9. The van der Waals surface area contributed by atoms with Crippen molar-refractivity contribution in [2.24, 2.45) is 0 Å². The van der Waals surface area contributed by atoms with Crippen LogP contribution >= 0.6 is 0 Å². The summed E-state index contributed by atoms with van der Waals surface area (Å²) in [5.74, 6) is 0. The monoisotopic (exact) mass is 739 g/mol. The standard InChI is InChI=1S/C54H33N3O/c1-2-14-36(15-3-1)55-49-24-11-7-20-43(49)53-50(55)28-27-42-41-19-6-10-23-48(41)57(54(42)53)37-16-12-13-34(31-37)35-25-29-51-44(32-35)45-33-38(26-30-52(45)58-51)56-46-21-8-4-17-39(46)40-18-5-9-22-47(40)56/h1-33H. The molecule has 0 amide bonds. The molecule has 0 spiro atoms. The Labute approximate surface area is 332 Å². The molecule has 0 aliphatic rings. The van der Waals surface area contributed by atoms with Crippen LogP contribution in [-0.4, -0.2) is 13.7 Å². The second-order valence-electron chi connectivity index (χ2n) is 15.3. The smallest absolute Gasteiger partial charge is 0.135 e. The number of aromatic nitrogens is 3. The van der Waals surface area contributed by atoms with Gasteiger partial charge in [0.2, 0.25) is 0 Å². The average Bonchev–Trinajstić information content (AvgIpc) is 4.02. The van der Waals surface area contributed by atoms with Crippen LogP contribution in [0.15, 0.2) is 205 Å². The summed E-state index contributed by atoms with van der Waals surface area (Å²) in [6.45, 7) is 0. The van der Waals surface area contributed by atoms with Crippen molar-refractivity contribution in [1.29, 1.82) is 0 Å². The van der Waals surface area contributed by atoms with E-state index in [4.69, 9.17) is 4.42 Å². The van der Waals surface area contributed by atoms with Crippen LogP contribution in [0.3, 0.4) is 0 Å². The quantitative estimate of drug-likeness (QED) is 0.177. The fourth-order valence-corrected chi connectivity index (χ4v) is 9.74. The molecule has 4 nitrogen and oxygen atoms in total. The fourth-order valence-electron chi connectivity index (χ4n) is 9.74. The minimum absolute atomic E-state index is 0.883. The van der Waals surface area contributed by atoms with Crippen molar-refractivity contribution in [3.05, 3.63) is 200 Å². The zero-order valence-electron chi connectivity index (χ0n) is 31.3. The highest BCUT2D eigenvalue weighted by Gasteiger charge is 2.21. The van der Waals surface area contributed by atoms with Gasteiger partial charge in [-0.2, -0.15) is 0 Å². The molecule has 58 heavy (non-hydrogen) atoms. The minimum Gasteiger partial charge on any atom is -0.456 e. The number of nitrogens with zero attached hydrogens (tertiary/aromatic N) is 3. The van der Waals surface area contributed by atoms with Gasteiger partial charge < -0.3 is 18.1 Å². The summed E-state index contributed by atoms with van der Waals surface area (Å²) in [5.41, 5.74) is 14.6. The van der Waals surface area contributed by atoms with Gasteiger partial charge in [-0.25, -0.2) is 0 Å². The van der Waals surface area contributed by atoms with Crippen molar-refractivity contribution in [1.82, 2.24) is 13.7 Å². The number of para-hydroxylation sites is 5.